The summed E-state index contributed by atoms with van der Waals surface area (Å²) in [6.07, 6.45) is -9.69. The van der Waals surface area contributed by atoms with E-state index < -0.39 is 65.4 Å². The van der Waals surface area contributed by atoms with Gasteiger partial charge in [0.2, 0.25) is 0 Å². The molecule has 0 amide bonds. The normalized spacial score (nSPS) is 32.7. The summed E-state index contributed by atoms with van der Waals surface area (Å²) in [5, 5.41) is 19.3. The van der Waals surface area contributed by atoms with E-state index in [-0.39, 0.29) is 6.42 Å². The van der Waals surface area contributed by atoms with Crippen LogP contribution >= 0.6 is 0 Å². The molecule has 5 nitrogen and oxygen atoms in total. The van der Waals surface area contributed by atoms with E-state index >= 15 is 0 Å². The van der Waals surface area contributed by atoms with Gasteiger partial charge < -0.3 is 10.2 Å². The Hall–Kier alpha value is -1.74. The molecule has 2 N–H and O–H groups in total. The highest BCUT2D eigenvalue weighted by atomic mass is 19.4. The van der Waals surface area contributed by atoms with Crippen molar-refractivity contribution in [3.8, 4) is 0 Å². The number of aliphatic imine (C=N–C) groups is 1. The molecule has 0 aliphatic carbocycles. The van der Waals surface area contributed by atoms with E-state index in [1.807, 2.05) is 0 Å². The molecule has 0 spiro atoms. The largest absolute Gasteiger partial charge is 0.481 e. The summed E-state index contributed by atoms with van der Waals surface area (Å²) in [5.41, 5.74) is -7.03. The molecule has 26 heavy (non-hydrogen) atoms. The lowest BCUT2D eigenvalue weighted by molar-refractivity contribution is -0.173. The van der Waals surface area contributed by atoms with Crippen molar-refractivity contribution in [3.63, 3.8) is 0 Å². The van der Waals surface area contributed by atoms with Gasteiger partial charge in [-0.3, -0.25) is 14.6 Å². The minimum Gasteiger partial charge on any atom is -0.481 e. The molecule has 1 heterocycles. The van der Waals surface area contributed by atoms with Gasteiger partial charge >= 0.3 is 18.1 Å². The Kier molecular flexibility index (Phi) is 6.10. The maximum absolute atomic E-state index is 13.6. The van der Waals surface area contributed by atoms with Crippen LogP contribution in [-0.2, 0) is 9.59 Å². The zero-order valence-corrected chi connectivity index (χ0v) is 14.8. The third kappa shape index (κ3) is 3.29. The molecular formula is C16H22F5NO4. The molecule has 0 aromatic rings. The van der Waals surface area contributed by atoms with E-state index in [0.29, 0.717) is 0 Å². The summed E-state index contributed by atoms with van der Waals surface area (Å²) in [4.78, 5) is 26.9. The van der Waals surface area contributed by atoms with Gasteiger partial charge in [0.05, 0.1) is 5.41 Å². The van der Waals surface area contributed by atoms with Gasteiger partial charge in [0, 0.05) is 0 Å². The molecule has 10 heteroatoms. The fourth-order valence-corrected chi connectivity index (χ4v) is 3.92. The standard InChI is InChI=1S/C16H22F5NO4/c1-5-15(13(25)26)8(6-7(2)3)14(4,12(23)24)9(10(17)18)22-11(15)16(19,20)21/h7-10H,5-6H2,1-4H3,(H,23,24)(H,25,26). The summed E-state index contributed by atoms with van der Waals surface area (Å²) < 4.78 is 67.8. The molecule has 150 valence electrons. The Morgan fingerprint density at radius 2 is 1.69 bits per heavy atom. The van der Waals surface area contributed by atoms with Crippen molar-refractivity contribution >= 4 is 17.7 Å². The first kappa shape index (κ1) is 22.3. The number of aliphatic carboxylic acids is 2. The Labute approximate surface area is 147 Å². The van der Waals surface area contributed by atoms with Crippen LogP contribution in [0.25, 0.3) is 0 Å². The number of carbonyl (C=O) groups is 2. The molecule has 0 aromatic heterocycles. The quantitative estimate of drug-likeness (QED) is 0.678. The number of nitrogens with zero attached hydrogens (tertiary/aromatic N) is 1. The first-order chi connectivity index (χ1) is 11.7. The smallest absolute Gasteiger partial charge is 0.430 e. The molecule has 0 fully saturated rings. The Morgan fingerprint density at radius 3 is 1.96 bits per heavy atom. The van der Waals surface area contributed by atoms with Gasteiger partial charge in [-0.05, 0) is 31.6 Å². The summed E-state index contributed by atoms with van der Waals surface area (Å²) in [6.45, 7) is 5.14. The number of carboxylic acids is 2. The van der Waals surface area contributed by atoms with Crippen LogP contribution in [-0.4, -0.2) is 46.5 Å². The van der Waals surface area contributed by atoms with Crippen molar-refractivity contribution in [2.24, 2.45) is 27.7 Å². The van der Waals surface area contributed by atoms with Crippen LogP contribution in [0, 0.1) is 22.7 Å². The molecular weight excluding hydrogens is 365 g/mol. The van der Waals surface area contributed by atoms with E-state index in [2.05, 4.69) is 4.99 Å². The van der Waals surface area contributed by atoms with Gasteiger partial charge in [0.15, 0.2) is 0 Å². The highest BCUT2D eigenvalue weighted by Gasteiger charge is 2.69. The van der Waals surface area contributed by atoms with Crippen LogP contribution in [0.15, 0.2) is 4.99 Å². The van der Waals surface area contributed by atoms with E-state index in [1.165, 1.54) is 0 Å². The maximum Gasteiger partial charge on any atom is 0.430 e. The topological polar surface area (TPSA) is 87.0 Å². The predicted octanol–water partition coefficient (Wildman–Crippen LogP) is 3.87. The van der Waals surface area contributed by atoms with Gasteiger partial charge in [-0.1, -0.05) is 20.8 Å². The van der Waals surface area contributed by atoms with Crippen LogP contribution in [0.1, 0.15) is 40.5 Å². The molecule has 0 saturated carbocycles. The van der Waals surface area contributed by atoms with Gasteiger partial charge in [0.25, 0.3) is 6.43 Å². The average molecular weight is 387 g/mol. The van der Waals surface area contributed by atoms with E-state index in [1.54, 1.807) is 13.8 Å². The van der Waals surface area contributed by atoms with Gasteiger partial charge in [-0.25, -0.2) is 8.78 Å². The van der Waals surface area contributed by atoms with Gasteiger partial charge in [-0.15, -0.1) is 0 Å². The maximum atomic E-state index is 13.6. The number of halogens is 5. The first-order valence-corrected chi connectivity index (χ1v) is 8.07. The fourth-order valence-electron chi connectivity index (χ4n) is 3.92. The second-order valence-electron chi connectivity index (χ2n) is 7.15. The number of rotatable bonds is 6. The lowest BCUT2D eigenvalue weighted by Crippen LogP contribution is -2.65. The van der Waals surface area contributed by atoms with E-state index in [9.17, 15) is 41.8 Å². The lowest BCUT2D eigenvalue weighted by atomic mass is 9.52. The van der Waals surface area contributed by atoms with Crippen molar-refractivity contribution in [1.29, 1.82) is 0 Å². The first-order valence-electron chi connectivity index (χ1n) is 8.07. The van der Waals surface area contributed by atoms with Crippen LogP contribution in [0.2, 0.25) is 0 Å². The molecule has 0 aromatic carbocycles. The molecule has 0 bridgehead atoms. The average Bonchev–Trinajstić information content (AvgIpc) is 2.46. The second kappa shape index (κ2) is 7.11. The molecule has 1 aliphatic rings. The molecule has 0 saturated heterocycles. The number of hydrogen-bond acceptors (Lipinski definition) is 3. The third-order valence-corrected chi connectivity index (χ3v) is 5.24. The fraction of sp³-hybridized carbons (Fsp3) is 0.812. The van der Waals surface area contributed by atoms with Gasteiger partial charge in [-0.2, -0.15) is 13.2 Å². The lowest BCUT2D eigenvalue weighted by Gasteiger charge is -2.51. The van der Waals surface area contributed by atoms with Crippen molar-refractivity contribution in [2.45, 2.75) is 59.2 Å². The third-order valence-electron chi connectivity index (χ3n) is 5.24. The van der Waals surface area contributed by atoms with Crippen LogP contribution in [0.3, 0.4) is 0 Å². The Balaban J connectivity index is 3.99. The number of alkyl halides is 5. The summed E-state index contributed by atoms with van der Waals surface area (Å²) in [5.74, 6) is -5.85. The number of hydrogen-bond donors (Lipinski definition) is 2. The SMILES string of the molecule is CCC1(C(=O)O)C(C(F)(F)F)=NC(C(F)F)C(C)(C(=O)O)C1CC(C)C. The minimum atomic E-state index is -5.28. The van der Waals surface area contributed by atoms with Crippen LogP contribution < -0.4 is 0 Å². The molecule has 4 atom stereocenters. The van der Waals surface area contributed by atoms with Crippen molar-refractivity contribution in [3.05, 3.63) is 0 Å². The Morgan fingerprint density at radius 1 is 1.19 bits per heavy atom. The van der Waals surface area contributed by atoms with E-state index in [4.69, 9.17) is 0 Å². The summed E-state index contributed by atoms with van der Waals surface area (Å²) in [6, 6.07) is -2.50. The minimum absolute atomic E-state index is 0.290. The zero-order chi connectivity index (χ0) is 20.7. The van der Waals surface area contributed by atoms with Crippen LogP contribution in [0.4, 0.5) is 22.0 Å². The second-order valence-corrected chi connectivity index (χ2v) is 7.15. The monoisotopic (exact) mass is 387 g/mol. The number of carboxylic acid groups (broad SMARTS) is 2. The highest BCUT2D eigenvalue weighted by Crippen LogP contribution is 2.56. The summed E-state index contributed by atoms with van der Waals surface area (Å²) >= 11 is 0. The Bertz CT molecular complexity index is 604. The van der Waals surface area contributed by atoms with Crippen molar-refractivity contribution in [2.75, 3.05) is 0 Å². The molecule has 1 aliphatic heterocycles. The molecule has 0 radical (unpaired) electrons. The van der Waals surface area contributed by atoms with Gasteiger partial charge in [0.1, 0.15) is 17.2 Å². The van der Waals surface area contributed by atoms with E-state index in [0.717, 1.165) is 13.8 Å². The summed E-state index contributed by atoms with van der Waals surface area (Å²) in [7, 11) is 0. The van der Waals surface area contributed by atoms with Crippen molar-refractivity contribution < 1.29 is 41.8 Å². The zero-order valence-electron chi connectivity index (χ0n) is 14.8. The highest BCUT2D eigenvalue weighted by molar-refractivity contribution is 6.10. The molecule has 1 rings (SSSR count). The van der Waals surface area contributed by atoms with Crippen LogP contribution in [0.5, 0.6) is 0 Å². The predicted molar refractivity (Wildman–Crippen MR) is 82.3 cm³/mol. The van der Waals surface area contributed by atoms with Crippen molar-refractivity contribution in [1.82, 2.24) is 0 Å². The molecule has 4 unspecified atom stereocenters.